The van der Waals surface area contributed by atoms with E-state index in [9.17, 15) is 10.2 Å². The molecule has 6 atom stereocenters. The molecule has 0 bridgehead atoms. The van der Waals surface area contributed by atoms with Crippen LogP contribution in [-0.4, -0.2) is 21.9 Å². The van der Waals surface area contributed by atoms with Crippen molar-refractivity contribution in [1.82, 2.24) is 0 Å². The largest absolute Gasteiger partial charge is 0.392 e. The van der Waals surface area contributed by atoms with Gasteiger partial charge in [-0.2, -0.15) is 0 Å². The molecule has 2 aliphatic rings. The van der Waals surface area contributed by atoms with Gasteiger partial charge in [0.25, 0.3) is 0 Å². The van der Waals surface area contributed by atoms with Crippen molar-refractivity contribution in [2.45, 2.75) is 72.0 Å². The molecule has 0 aromatic rings. The zero-order chi connectivity index (χ0) is 13.7. The van der Waals surface area contributed by atoms with E-state index < -0.39 is 5.60 Å². The van der Waals surface area contributed by atoms with E-state index in [4.69, 9.17) is 0 Å². The standard InChI is InChI=1S/C16H30O2/c1-10(2)12-7-8-15(4)11(3)6-9-16(5,18)14(15)13(12)17/h10-14,17-18H,6-9H2,1-5H3/t11-,12+,13+,14-,15+,16-/m1/s1. The Hall–Kier alpha value is -0.0800. The van der Waals surface area contributed by atoms with Crippen LogP contribution in [0.1, 0.15) is 60.3 Å². The van der Waals surface area contributed by atoms with Crippen LogP contribution in [0.4, 0.5) is 0 Å². The van der Waals surface area contributed by atoms with Gasteiger partial charge in [-0.15, -0.1) is 0 Å². The smallest absolute Gasteiger partial charge is 0.0678 e. The molecule has 2 saturated carbocycles. The second-order valence-corrected chi connectivity index (χ2v) is 7.72. The van der Waals surface area contributed by atoms with E-state index in [1.165, 1.54) is 0 Å². The SMILES string of the molecule is CC(C)[C@@H]1CC[C@@]2(C)[C@H](C)CC[C@@](C)(O)[C@@H]2[C@H]1O. The molecule has 0 spiro atoms. The quantitative estimate of drug-likeness (QED) is 0.754. The number of fused-ring (bicyclic) bond motifs is 1. The van der Waals surface area contributed by atoms with Gasteiger partial charge in [0.15, 0.2) is 0 Å². The normalized spacial score (nSPS) is 53.3. The fourth-order valence-electron chi connectivity index (χ4n) is 4.79. The Morgan fingerprint density at radius 3 is 2.28 bits per heavy atom. The van der Waals surface area contributed by atoms with Gasteiger partial charge in [0.2, 0.25) is 0 Å². The Morgan fingerprint density at radius 2 is 1.72 bits per heavy atom. The number of hydrogen-bond acceptors (Lipinski definition) is 2. The topological polar surface area (TPSA) is 40.5 Å². The summed E-state index contributed by atoms with van der Waals surface area (Å²) in [6, 6.07) is 0. The lowest BCUT2D eigenvalue weighted by Crippen LogP contribution is -2.61. The van der Waals surface area contributed by atoms with Crippen LogP contribution in [0.25, 0.3) is 0 Å². The number of hydrogen-bond donors (Lipinski definition) is 2. The molecular formula is C16H30O2. The van der Waals surface area contributed by atoms with Gasteiger partial charge < -0.3 is 10.2 Å². The Balaban J connectivity index is 2.35. The average molecular weight is 254 g/mol. The summed E-state index contributed by atoms with van der Waals surface area (Å²) in [7, 11) is 0. The molecule has 2 N–H and O–H groups in total. The fourth-order valence-corrected chi connectivity index (χ4v) is 4.79. The maximum absolute atomic E-state index is 10.8. The molecule has 106 valence electrons. The van der Waals surface area contributed by atoms with Gasteiger partial charge in [0, 0.05) is 5.92 Å². The first kappa shape index (κ1) is 14.3. The minimum absolute atomic E-state index is 0.0369. The predicted molar refractivity (Wildman–Crippen MR) is 74.2 cm³/mol. The van der Waals surface area contributed by atoms with Crippen LogP contribution in [0, 0.1) is 29.1 Å². The second-order valence-electron chi connectivity index (χ2n) is 7.72. The first-order chi connectivity index (χ1) is 8.20. The van der Waals surface area contributed by atoms with Gasteiger partial charge in [-0.1, -0.05) is 27.7 Å². The summed E-state index contributed by atoms with van der Waals surface area (Å²) < 4.78 is 0. The molecule has 2 nitrogen and oxygen atoms in total. The summed E-state index contributed by atoms with van der Waals surface area (Å²) in [6.07, 6.45) is 3.82. The monoisotopic (exact) mass is 254 g/mol. The highest BCUT2D eigenvalue weighted by Crippen LogP contribution is 2.58. The number of rotatable bonds is 1. The number of aliphatic hydroxyl groups excluding tert-OH is 1. The minimum Gasteiger partial charge on any atom is -0.392 e. The van der Waals surface area contributed by atoms with Crippen molar-refractivity contribution in [3.05, 3.63) is 0 Å². The van der Waals surface area contributed by atoms with Gasteiger partial charge in [0.05, 0.1) is 11.7 Å². The van der Waals surface area contributed by atoms with Crippen molar-refractivity contribution < 1.29 is 10.2 Å². The average Bonchev–Trinajstić information content (AvgIpc) is 2.23. The van der Waals surface area contributed by atoms with Crippen molar-refractivity contribution in [3.8, 4) is 0 Å². The molecule has 0 amide bonds. The predicted octanol–water partition coefficient (Wildman–Crippen LogP) is 3.22. The van der Waals surface area contributed by atoms with Crippen molar-refractivity contribution >= 4 is 0 Å². The molecule has 2 heteroatoms. The first-order valence-electron chi connectivity index (χ1n) is 7.60. The maximum atomic E-state index is 10.8. The van der Waals surface area contributed by atoms with Gasteiger partial charge >= 0.3 is 0 Å². The van der Waals surface area contributed by atoms with E-state index >= 15 is 0 Å². The zero-order valence-corrected chi connectivity index (χ0v) is 12.6. The van der Waals surface area contributed by atoms with Crippen molar-refractivity contribution in [1.29, 1.82) is 0 Å². The Labute approximate surface area is 112 Å². The van der Waals surface area contributed by atoms with Crippen LogP contribution in [0.3, 0.4) is 0 Å². The van der Waals surface area contributed by atoms with Crippen molar-refractivity contribution in [3.63, 3.8) is 0 Å². The van der Waals surface area contributed by atoms with Crippen LogP contribution in [0.2, 0.25) is 0 Å². The fraction of sp³-hybridized carbons (Fsp3) is 1.00. The molecule has 0 radical (unpaired) electrons. The summed E-state index contributed by atoms with van der Waals surface area (Å²) >= 11 is 0. The number of aliphatic hydroxyl groups is 2. The third kappa shape index (κ3) is 2.02. The zero-order valence-electron chi connectivity index (χ0n) is 12.6. The maximum Gasteiger partial charge on any atom is 0.0678 e. The second kappa shape index (κ2) is 4.49. The van der Waals surface area contributed by atoms with E-state index in [2.05, 4.69) is 27.7 Å². The lowest BCUT2D eigenvalue weighted by Gasteiger charge is -2.59. The molecular weight excluding hydrogens is 224 g/mol. The molecule has 0 unspecified atom stereocenters. The summed E-state index contributed by atoms with van der Waals surface area (Å²) in [6.45, 7) is 10.9. The van der Waals surface area contributed by atoms with Crippen LogP contribution >= 0.6 is 0 Å². The lowest BCUT2D eigenvalue weighted by atomic mass is 9.48. The summed E-state index contributed by atoms with van der Waals surface area (Å²) in [5.41, 5.74) is -0.596. The van der Waals surface area contributed by atoms with Crippen LogP contribution in [0.15, 0.2) is 0 Å². The van der Waals surface area contributed by atoms with Crippen molar-refractivity contribution in [2.75, 3.05) is 0 Å². The first-order valence-corrected chi connectivity index (χ1v) is 7.60. The summed E-state index contributed by atoms with van der Waals surface area (Å²) in [4.78, 5) is 0. The minimum atomic E-state index is -0.700. The molecule has 0 aliphatic heterocycles. The van der Waals surface area contributed by atoms with Gasteiger partial charge in [-0.25, -0.2) is 0 Å². The molecule has 2 aliphatic carbocycles. The molecule has 0 saturated heterocycles. The van der Waals surface area contributed by atoms with Crippen LogP contribution < -0.4 is 0 Å². The molecule has 0 heterocycles. The highest BCUT2D eigenvalue weighted by atomic mass is 16.3. The molecule has 18 heavy (non-hydrogen) atoms. The summed E-state index contributed by atoms with van der Waals surface area (Å²) in [5, 5.41) is 21.6. The van der Waals surface area contributed by atoms with E-state index in [1.54, 1.807) is 0 Å². The Bertz CT molecular complexity index is 310. The van der Waals surface area contributed by atoms with Gasteiger partial charge in [-0.05, 0) is 55.8 Å². The van der Waals surface area contributed by atoms with Crippen LogP contribution in [-0.2, 0) is 0 Å². The highest BCUT2D eigenvalue weighted by Gasteiger charge is 2.58. The van der Waals surface area contributed by atoms with E-state index in [1.807, 2.05) is 6.92 Å². The van der Waals surface area contributed by atoms with Crippen LogP contribution in [0.5, 0.6) is 0 Å². The van der Waals surface area contributed by atoms with E-state index in [-0.39, 0.29) is 17.4 Å². The highest BCUT2D eigenvalue weighted by molar-refractivity contribution is 5.07. The molecule has 2 fully saturated rings. The Kier molecular flexibility index (Phi) is 3.57. The third-order valence-electron chi connectivity index (χ3n) is 6.24. The van der Waals surface area contributed by atoms with E-state index in [0.717, 1.165) is 25.7 Å². The lowest BCUT2D eigenvalue weighted by molar-refractivity contribution is -0.201. The third-order valence-corrected chi connectivity index (χ3v) is 6.24. The molecule has 2 rings (SSSR count). The van der Waals surface area contributed by atoms with E-state index in [0.29, 0.717) is 17.8 Å². The summed E-state index contributed by atoms with van der Waals surface area (Å²) in [5.74, 6) is 1.48. The van der Waals surface area contributed by atoms with Gasteiger partial charge in [0.1, 0.15) is 0 Å². The molecule has 0 aromatic heterocycles. The van der Waals surface area contributed by atoms with Gasteiger partial charge in [-0.3, -0.25) is 0 Å². The Morgan fingerprint density at radius 1 is 1.11 bits per heavy atom. The molecule has 0 aromatic carbocycles. The van der Waals surface area contributed by atoms with Crippen molar-refractivity contribution in [2.24, 2.45) is 29.1 Å².